The number of carbonyl (C=O) groups is 1. The topological polar surface area (TPSA) is 108 Å². The first-order chi connectivity index (χ1) is 19.2. The number of anilines is 1. The number of rotatable bonds is 6. The van der Waals surface area contributed by atoms with Crippen LogP contribution in [0.4, 0.5) is 5.69 Å². The number of amides is 1. The van der Waals surface area contributed by atoms with Crippen molar-refractivity contribution in [2.75, 3.05) is 12.0 Å². The van der Waals surface area contributed by atoms with Crippen LogP contribution in [0.15, 0.2) is 48.7 Å². The van der Waals surface area contributed by atoms with Crippen LogP contribution in [-0.4, -0.2) is 27.6 Å². The number of hydrogen-bond donors (Lipinski definition) is 0. The maximum absolute atomic E-state index is 14.3. The van der Waals surface area contributed by atoms with Gasteiger partial charge in [0.25, 0.3) is 5.91 Å². The lowest BCUT2D eigenvalue weighted by molar-refractivity contribution is 0.0989. The molecule has 4 aromatic rings. The summed E-state index contributed by atoms with van der Waals surface area (Å²) in [5.41, 5.74) is 6.20. The molecule has 0 spiro atoms. The maximum atomic E-state index is 14.3. The molecule has 0 fully saturated rings. The number of fused-ring (bicyclic) bond motifs is 1. The van der Waals surface area contributed by atoms with E-state index in [1.165, 1.54) is 0 Å². The predicted molar refractivity (Wildman–Crippen MR) is 152 cm³/mol. The number of benzene rings is 2. The number of nitrogens with zero attached hydrogens (tertiary/aromatic N) is 6. The Morgan fingerprint density at radius 3 is 2.52 bits per heavy atom. The van der Waals surface area contributed by atoms with E-state index in [0.29, 0.717) is 44.8 Å². The van der Waals surface area contributed by atoms with E-state index in [4.69, 9.17) is 21.3 Å². The van der Waals surface area contributed by atoms with Crippen molar-refractivity contribution in [1.29, 1.82) is 10.5 Å². The molecule has 2 aromatic carbocycles. The summed E-state index contributed by atoms with van der Waals surface area (Å²) < 4.78 is 7.69. The number of pyridine rings is 1. The highest BCUT2D eigenvalue weighted by Crippen LogP contribution is 2.47. The summed E-state index contributed by atoms with van der Waals surface area (Å²) in [4.78, 5) is 25.3. The van der Waals surface area contributed by atoms with Crippen LogP contribution in [0.25, 0.3) is 11.4 Å². The highest BCUT2D eigenvalue weighted by Gasteiger charge is 2.45. The van der Waals surface area contributed by atoms with Crippen LogP contribution >= 0.6 is 11.6 Å². The monoisotopic (exact) mass is 550 g/mol. The number of hydrogen-bond acceptors (Lipinski definition) is 6. The molecule has 0 bridgehead atoms. The minimum Gasteiger partial charge on any atom is -0.494 e. The van der Waals surface area contributed by atoms with Gasteiger partial charge in [-0.2, -0.15) is 10.5 Å². The summed E-state index contributed by atoms with van der Waals surface area (Å²) in [7, 11) is 1.55. The fourth-order valence-corrected chi connectivity index (χ4v) is 5.53. The summed E-state index contributed by atoms with van der Waals surface area (Å²) in [6.07, 6.45) is 1.71. The lowest BCUT2D eigenvalue weighted by Gasteiger charge is -2.30. The second kappa shape index (κ2) is 10.5. The van der Waals surface area contributed by atoms with Crippen molar-refractivity contribution in [3.05, 3.63) is 93.0 Å². The maximum Gasteiger partial charge on any atom is 0.279 e. The standard InChI is InChI=1S/C31H27ClN6O2/c1-17(2)37-29-27(36-30(37)24-14-22(10-11-33)35-16-26(24)40-5)31(39)38(25-13-21(32)8-6-18(25)3)28(29)23-9-7-20(15-34)12-19(23)4/h6-9,12-14,16-17,28H,10H2,1-5H3. The van der Waals surface area contributed by atoms with E-state index in [-0.39, 0.29) is 18.4 Å². The van der Waals surface area contributed by atoms with Gasteiger partial charge in [-0.3, -0.25) is 14.7 Å². The Morgan fingerprint density at radius 2 is 1.88 bits per heavy atom. The van der Waals surface area contributed by atoms with Gasteiger partial charge in [0.15, 0.2) is 5.69 Å². The van der Waals surface area contributed by atoms with Gasteiger partial charge in [-0.15, -0.1) is 0 Å². The Balaban J connectivity index is 1.83. The molecule has 0 aliphatic carbocycles. The van der Waals surface area contributed by atoms with Gasteiger partial charge in [-0.1, -0.05) is 23.7 Å². The van der Waals surface area contributed by atoms with Gasteiger partial charge in [0.05, 0.1) is 54.4 Å². The van der Waals surface area contributed by atoms with E-state index in [1.54, 1.807) is 42.5 Å². The van der Waals surface area contributed by atoms with E-state index in [9.17, 15) is 15.3 Å². The van der Waals surface area contributed by atoms with E-state index in [2.05, 4.69) is 21.7 Å². The quantitative estimate of drug-likeness (QED) is 0.271. The van der Waals surface area contributed by atoms with Gasteiger partial charge in [0, 0.05) is 16.8 Å². The normalized spacial score (nSPS) is 14.3. The second-order valence-electron chi connectivity index (χ2n) is 10.0. The molecule has 1 amide bonds. The molecular weight excluding hydrogens is 524 g/mol. The summed E-state index contributed by atoms with van der Waals surface area (Å²) in [5, 5.41) is 19.3. The first-order valence-electron chi connectivity index (χ1n) is 12.8. The predicted octanol–water partition coefficient (Wildman–Crippen LogP) is 6.49. The van der Waals surface area contributed by atoms with E-state index in [0.717, 1.165) is 22.4 Å². The van der Waals surface area contributed by atoms with Crippen molar-refractivity contribution in [2.24, 2.45) is 0 Å². The van der Waals surface area contributed by atoms with Gasteiger partial charge in [-0.05, 0) is 74.7 Å². The molecule has 1 aliphatic heterocycles. The Morgan fingerprint density at radius 1 is 1.10 bits per heavy atom. The molecule has 0 radical (unpaired) electrons. The van der Waals surface area contributed by atoms with Crippen LogP contribution in [-0.2, 0) is 6.42 Å². The first kappa shape index (κ1) is 26.9. The highest BCUT2D eigenvalue weighted by atomic mass is 35.5. The third kappa shape index (κ3) is 4.37. The minimum atomic E-state index is -0.525. The van der Waals surface area contributed by atoms with Crippen LogP contribution in [0, 0.1) is 36.5 Å². The molecule has 8 nitrogen and oxygen atoms in total. The van der Waals surface area contributed by atoms with Crippen molar-refractivity contribution in [3.8, 4) is 29.3 Å². The molecule has 1 unspecified atom stereocenters. The van der Waals surface area contributed by atoms with Gasteiger partial charge in [0.1, 0.15) is 17.6 Å². The number of halogens is 1. The molecule has 0 saturated carbocycles. The van der Waals surface area contributed by atoms with Crippen LogP contribution in [0.2, 0.25) is 5.02 Å². The molecule has 5 rings (SSSR count). The van der Waals surface area contributed by atoms with E-state index < -0.39 is 6.04 Å². The van der Waals surface area contributed by atoms with Crippen LogP contribution in [0.3, 0.4) is 0 Å². The number of imidazole rings is 1. The molecule has 3 heterocycles. The van der Waals surface area contributed by atoms with Gasteiger partial charge >= 0.3 is 0 Å². The number of aryl methyl sites for hydroxylation is 2. The summed E-state index contributed by atoms with van der Waals surface area (Å²) in [6.45, 7) is 7.96. The van der Waals surface area contributed by atoms with Gasteiger partial charge < -0.3 is 9.30 Å². The molecule has 1 aliphatic rings. The van der Waals surface area contributed by atoms with Crippen molar-refractivity contribution >= 4 is 23.2 Å². The minimum absolute atomic E-state index is 0.0852. The third-order valence-electron chi connectivity index (χ3n) is 7.17. The average Bonchev–Trinajstić information content (AvgIpc) is 3.45. The number of ether oxygens (including phenoxy) is 1. The highest BCUT2D eigenvalue weighted by molar-refractivity contribution is 6.31. The Hall–Kier alpha value is -4.66. The Labute approximate surface area is 238 Å². The van der Waals surface area contributed by atoms with Crippen molar-refractivity contribution in [3.63, 3.8) is 0 Å². The lowest BCUT2D eigenvalue weighted by Crippen LogP contribution is -2.31. The van der Waals surface area contributed by atoms with Crippen molar-refractivity contribution < 1.29 is 9.53 Å². The van der Waals surface area contributed by atoms with E-state index in [1.807, 2.05) is 45.9 Å². The van der Waals surface area contributed by atoms with Gasteiger partial charge in [0.2, 0.25) is 0 Å². The number of aromatic nitrogens is 3. The fourth-order valence-electron chi connectivity index (χ4n) is 5.36. The zero-order valence-corrected chi connectivity index (χ0v) is 23.6. The van der Waals surface area contributed by atoms with Crippen molar-refractivity contribution in [2.45, 2.75) is 46.2 Å². The number of carbonyl (C=O) groups excluding carboxylic acids is 1. The second-order valence-corrected chi connectivity index (χ2v) is 10.5. The molecule has 9 heteroatoms. The van der Waals surface area contributed by atoms with Crippen LogP contribution in [0.1, 0.15) is 70.1 Å². The molecular formula is C31H27ClN6O2. The zero-order chi connectivity index (χ0) is 28.7. The Bertz CT molecular complexity index is 1740. The lowest BCUT2D eigenvalue weighted by atomic mass is 9.96. The number of nitriles is 2. The molecule has 2 aromatic heterocycles. The molecule has 200 valence electrons. The third-order valence-corrected chi connectivity index (χ3v) is 7.41. The molecule has 40 heavy (non-hydrogen) atoms. The smallest absolute Gasteiger partial charge is 0.279 e. The summed E-state index contributed by atoms with van der Waals surface area (Å²) in [5.74, 6) is 0.805. The number of methoxy groups -OCH3 is 1. The first-order valence-corrected chi connectivity index (χ1v) is 13.2. The zero-order valence-electron chi connectivity index (χ0n) is 22.9. The summed E-state index contributed by atoms with van der Waals surface area (Å²) >= 11 is 6.42. The molecule has 0 saturated heterocycles. The summed E-state index contributed by atoms with van der Waals surface area (Å²) in [6, 6.07) is 16.5. The molecule has 0 N–H and O–H groups in total. The Kier molecular flexibility index (Phi) is 7.06. The van der Waals surface area contributed by atoms with Crippen molar-refractivity contribution in [1.82, 2.24) is 14.5 Å². The van der Waals surface area contributed by atoms with E-state index >= 15 is 0 Å². The largest absolute Gasteiger partial charge is 0.494 e. The average molecular weight is 551 g/mol. The fraction of sp³-hybridized carbons (Fsp3) is 0.258. The molecule has 1 atom stereocenters. The van der Waals surface area contributed by atoms with Crippen LogP contribution < -0.4 is 9.64 Å². The SMILES string of the molecule is COc1cnc(CC#N)cc1-c1nc2c(n1C(C)C)C(c1ccc(C#N)cc1C)N(c1cc(Cl)ccc1C)C2=O. The van der Waals surface area contributed by atoms with Crippen LogP contribution in [0.5, 0.6) is 5.75 Å². The van der Waals surface area contributed by atoms with Gasteiger partial charge in [-0.25, -0.2) is 4.98 Å².